The summed E-state index contributed by atoms with van der Waals surface area (Å²) in [5.41, 5.74) is 5.54. The van der Waals surface area contributed by atoms with Crippen LogP contribution in [0.5, 0.6) is 0 Å². The topological polar surface area (TPSA) is 26.0 Å². The average molecular weight is 206 g/mol. The molecule has 1 aromatic rings. The Balaban J connectivity index is 3.28. The summed E-state index contributed by atoms with van der Waals surface area (Å²) in [5.74, 6) is -1.25. The van der Waals surface area contributed by atoms with Crippen LogP contribution in [0.1, 0.15) is 11.1 Å². The Morgan fingerprint density at radius 3 is 2.54 bits per heavy atom. The number of rotatable bonds is 2. The fourth-order valence-corrected chi connectivity index (χ4v) is 1.44. The van der Waals surface area contributed by atoms with E-state index in [0.29, 0.717) is 5.56 Å². The van der Waals surface area contributed by atoms with Crippen molar-refractivity contribution in [1.29, 1.82) is 0 Å². The van der Waals surface area contributed by atoms with E-state index in [1.165, 1.54) is 6.07 Å². The maximum Gasteiger partial charge on any atom is 0.147 e. The SMILES string of the molecule is Cc1cc(Cl)c(F)c(CCN)c1F. The van der Waals surface area contributed by atoms with Gasteiger partial charge in [0.05, 0.1) is 5.02 Å². The number of nitrogens with two attached hydrogens (primary N) is 1. The standard InChI is InChI=1S/C9H10ClF2N/c1-5-4-7(10)9(12)6(2-3-13)8(5)11/h4H,2-3,13H2,1H3. The molecule has 0 heterocycles. The van der Waals surface area contributed by atoms with E-state index in [1.54, 1.807) is 6.92 Å². The molecular weight excluding hydrogens is 196 g/mol. The highest BCUT2D eigenvalue weighted by Crippen LogP contribution is 2.24. The van der Waals surface area contributed by atoms with E-state index in [4.69, 9.17) is 17.3 Å². The number of hydrogen-bond acceptors (Lipinski definition) is 1. The maximum absolute atomic E-state index is 13.3. The summed E-state index contributed by atoms with van der Waals surface area (Å²) in [6.07, 6.45) is 0.166. The highest BCUT2D eigenvalue weighted by atomic mass is 35.5. The Morgan fingerprint density at radius 2 is 2.00 bits per heavy atom. The quantitative estimate of drug-likeness (QED) is 0.738. The number of hydrogen-bond donors (Lipinski definition) is 1. The van der Waals surface area contributed by atoms with Crippen LogP contribution in [0.15, 0.2) is 6.07 Å². The van der Waals surface area contributed by atoms with Crippen LogP contribution in [0.3, 0.4) is 0 Å². The van der Waals surface area contributed by atoms with Gasteiger partial charge in [0.25, 0.3) is 0 Å². The van der Waals surface area contributed by atoms with Crippen LogP contribution in [-0.4, -0.2) is 6.54 Å². The van der Waals surface area contributed by atoms with Gasteiger partial charge in [0.2, 0.25) is 0 Å². The third kappa shape index (κ3) is 1.98. The Hall–Kier alpha value is -0.670. The molecule has 0 amide bonds. The first-order valence-corrected chi connectivity index (χ1v) is 4.28. The van der Waals surface area contributed by atoms with E-state index < -0.39 is 11.6 Å². The molecule has 0 spiro atoms. The maximum atomic E-state index is 13.3. The van der Waals surface area contributed by atoms with Crippen molar-refractivity contribution in [2.75, 3.05) is 6.54 Å². The molecule has 0 saturated heterocycles. The molecule has 0 unspecified atom stereocenters. The third-order valence-electron chi connectivity index (χ3n) is 1.82. The minimum Gasteiger partial charge on any atom is -0.330 e. The van der Waals surface area contributed by atoms with E-state index in [1.807, 2.05) is 0 Å². The zero-order valence-electron chi connectivity index (χ0n) is 7.20. The number of benzene rings is 1. The van der Waals surface area contributed by atoms with Crippen molar-refractivity contribution in [3.63, 3.8) is 0 Å². The molecule has 0 fully saturated rings. The molecule has 0 bridgehead atoms. The minimum absolute atomic E-state index is 0.0208. The monoisotopic (exact) mass is 205 g/mol. The van der Waals surface area contributed by atoms with Gasteiger partial charge in [-0.15, -0.1) is 0 Å². The molecule has 0 saturated carbocycles. The third-order valence-corrected chi connectivity index (χ3v) is 2.10. The molecular formula is C9H10ClF2N. The summed E-state index contributed by atoms with van der Waals surface area (Å²) in [6, 6.07) is 1.27. The summed E-state index contributed by atoms with van der Waals surface area (Å²) in [7, 11) is 0. The van der Waals surface area contributed by atoms with Crippen molar-refractivity contribution in [2.45, 2.75) is 13.3 Å². The van der Waals surface area contributed by atoms with Crippen molar-refractivity contribution >= 4 is 11.6 Å². The summed E-state index contributed by atoms with van der Waals surface area (Å²) in [6.45, 7) is 1.74. The van der Waals surface area contributed by atoms with Crippen molar-refractivity contribution < 1.29 is 8.78 Å². The van der Waals surface area contributed by atoms with Crippen LogP contribution in [0, 0.1) is 18.6 Å². The van der Waals surface area contributed by atoms with Crippen LogP contribution in [-0.2, 0) is 6.42 Å². The predicted octanol–water partition coefficient (Wildman–Crippen LogP) is 2.43. The summed E-state index contributed by atoms with van der Waals surface area (Å²) >= 11 is 5.54. The average Bonchev–Trinajstić information content (AvgIpc) is 2.09. The number of aryl methyl sites for hydroxylation is 1. The first kappa shape index (κ1) is 10.4. The Morgan fingerprint density at radius 1 is 1.38 bits per heavy atom. The molecule has 2 N–H and O–H groups in total. The molecule has 72 valence electrons. The highest BCUT2D eigenvalue weighted by molar-refractivity contribution is 6.30. The minimum atomic E-state index is -0.699. The Bertz CT molecular complexity index is 300. The van der Waals surface area contributed by atoms with Gasteiger partial charge in [-0.2, -0.15) is 0 Å². The second kappa shape index (κ2) is 4.03. The first-order chi connectivity index (χ1) is 6.07. The van der Waals surface area contributed by atoms with Gasteiger partial charge in [-0.25, -0.2) is 8.78 Å². The van der Waals surface area contributed by atoms with E-state index in [9.17, 15) is 8.78 Å². The fourth-order valence-electron chi connectivity index (χ4n) is 1.16. The van der Waals surface area contributed by atoms with Crippen LogP contribution in [0.25, 0.3) is 0 Å². The van der Waals surface area contributed by atoms with Gasteiger partial charge in [-0.1, -0.05) is 11.6 Å². The molecule has 1 rings (SSSR count). The lowest BCUT2D eigenvalue weighted by Gasteiger charge is -2.07. The van der Waals surface area contributed by atoms with E-state index in [0.717, 1.165) is 0 Å². The number of halogens is 3. The highest BCUT2D eigenvalue weighted by Gasteiger charge is 2.14. The zero-order valence-corrected chi connectivity index (χ0v) is 7.96. The van der Waals surface area contributed by atoms with Gasteiger partial charge in [0.1, 0.15) is 11.6 Å². The first-order valence-electron chi connectivity index (χ1n) is 3.91. The van der Waals surface area contributed by atoms with Crippen LogP contribution in [0.4, 0.5) is 8.78 Å². The summed E-state index contributed by atoms with van der Waals surface area (Å²) in [4.78, 5) is 0. The largest absolute Gasteiger partial charge is 0.330 e. The predicted molar refractivity (Wildman–Crippen MR) is 48.9 cm³/mol. The molecule has 0 atom stereocenters. The Labute approximate surface area is 80.5 Å². The van der Waals surface area contributed by atoms with Gasteiger partial charge in [-0.05, 0) is 31.5 Å². The summed E-state index contributed by atoms with van der Waals surface area (Å²) < 4.78 is 26.5. The lowest BCUT2D eigenvalue weighted by atomic mass is 10.1. The van der Waals surface area contributed by atoms with Crippen molar-refractivity contribution in [2.24, 2.45) is 5.73 Å². The second-order valence-electron chi connectivity index (χ2n) is 2.82. The molecule has 0 aromatic heterocycles. The van der Waals surface area contributed by atoms with Crippen molar-refractivity contribution in [1.82, 2.24) is 0 Å². The molecule has 1 nitrogen and oxygen atoms in total. The summed E-state index contributed by atoms with van der Waals surface area (Å²) in [5, 5.41) is -0.0534. The molecule has 13 heavy (non-hydrogen) atoms. The van der Waals surface area contributed by atoms with Crippen molar-refractivity contribution in [3.05, 3.63) is 33.9 Å². The van der Waals surface area contributed by atoms with Crippen LogP contribution >= 0.6 is 11.6 Å². The Kier molecular flexibility index (Phi) is 3.22. The van der Waals surface area contributed by atoms with Crippen LogP contribution in [0.2, 0.25) is 5.02 Å². The van der Waals surface area contributed by atoms with Gasteiger partial charge in [0, 0.05) is 5.56 Å². The second-order valence-corrected chi connectivity index (χ2v) is 3.23. The van der Waals surface area contributed by atoms with Gasteiger partial charge in [0.15, 0.2) is 0 Å². The normalized spacial score (nSPS) is 10.5. The van der Waals surface area contributed by atoms with E-state index >= 15 is 0 Å². The molecule has 4 heteroatoms. The molecule has 0 aliphatic rings. The smallest absolute Gasteiger partial charge is 0.147 e. The lowest BCUT2D eigenvalue weighted by molar-refractivity contribution is 0.550. The van der Waals surface area contributed by atoms with Crippen LogP contribution < -0.4 is 5.73 Å². The zero-order chi connectivity index (χ0) is 10.0. The van der Waals surface area contributed by atoms with E-state index in [2.05, 4.69) is 0 Å². The van der Waals surface area contributed by atoms with E-state index in [-0.39, 0.29) is 23.6 Å². The molecule has 1 aromatic carbocycles. The van der Waals surface area contributed by atoms with Crippen molar-refractivity contribution in [3.8, 4) is 0 Å². The van der Waals surface area contributed by atoms with Gasteiger partial charge >= 0.3 is 0 Å². The lowest BCUT2D eigenvalue weighted by Crippen LogP contribution is -2.08. The van der Waals surface area contributed by atoms with Gasteiger partial charge < -0.3 is 5.73 Å². The molecule has 0 aliphatic heterocycles. The van der Waals surface area contributed by atoms with Gasteiger partial charge in [-0.3, -0.25) is 0 Å². The molecule has 0 aliphatic carbocycles. The fraction of sp³-hybridized carbons (Fsp3) is 0.333. The molecule has 0 radical (unpaired) electrons.